The Labute approximate surface area is 111 Å². The molecule has 3 rings (SSSR count). The summed E-state index contributed by atoms with van der Waals surface area (Å²) in [5, 5.41) is 2.19. The fraction of sp³-hybridized carbons (Fsp3) is 0. The molecule has 7 heteroatoms. The standard InChI is InChI=1S/C13H8F2N4O/c14-8-2-1-3-9(15)11(8)19-13(20)7-4-10-12(16-5-7)18-6-17-10/h1-6H,(H,19,20)(H,16,17,18). The van der Waals surface area contributed by atoms with E-state index in [1.807, 2.05) is 0 Å². The predicted octanol–water partition coefficient (Wildman–Crippen LogP) is 2.49. The van der Waals surface area contributed by atoms with Crippen LogP contribution in [0.5, 0.6) is 0 Å². The molecule has 0 unspecified atom stereocenters. The van der Waals surface area contributed by atoms with Crippen molar-refractivity contribution in [3.8, 4) is 0 Å². The van der Waals surface area contributed by atoms with Gasteiger partial charge in [-0.1, -0.05) is 6.07 Å². The predicted molar refractivity (Wildman–Crippen MR) is 68.2 cm³/mol. The van der Waals surface area contributed by atoms with Crippen LogP contribution in [0.25, 0.3) is 11.2 Å². The summed E-state index contributed by atoms with van der Waals surface area (Å²) in [7, 11) is 0. The third-order valence-electron chi connectivity index (χ3n) is 2.74. The Balaban J connectivity index is 1.92. The van der Waals surface area contributed by atoms with Crippen LogP contribution in [0.2, 0.25) is 0 Å². The topological polar surface area (TPSA) is 70.7 Å². The van der Waals surface area contributed by atoms with Crippen LogP contribution in [0, 0.1) is 11.6 Å². The maximum atomic E-state index is 13.4. The molecule has 0 saturated carbocycles. The molecule has 0 bridgehead atoms. The van der Waals surface area contributed by atoms with Crippen molar-refractivity contribution in [1.82, 2.24) is 15.0 Å². The van der Waals surface area contributed by atoms with Crippen molar-refractivity contribution in [2.24, 2.45) is 0 Å². The van der Waals surface area contributed by atoms with Gasteiger partial charge in [-0.15, -0.1) is 0 Å². The highest BCUT2D eigenvalue weighted by Gasteiger charge is 2.14. The van der Waals surface area contributed by atoms with Crippen molar-refractivity contribution in [2.45, 2.75) is 0 Å². The molecule has 0 spiro atoms. The Morgan fingerprint density at radius 1 is 1.20 bits per heavy atom. The van der Waals surface area contributed by atoms with E-state index >= 15 is 0 Å². The van der Waals surface area contributed by atoms with Gasteiger partial charge in [-0.05, 0) is 18.2 Å². The largest absolute Gasteiger partial charge is 0.343 e. The molecule has 20 heavy (non-hydrogen) atoms. The van der Waals surface area contributed by atoms with Gasteiger partial charge in [0, 0.05) is 6.20 Å². The summed E-state index contributed by atoms with van der Waals surface area (Å²) in [6.07, 6.45) is 2.73. The van der Waals surface area contributed by atoms with Crippen molar-refractivity contribution < 1.29 is 13.6 Å². The lowest BCUT2D eigenvalue weighted by atomic mass is 10.2. The molecule has 0 radical (unpaired) electrons. The lowest BCUT2D eigenvalue weighted by Gasteiger charge is -2.07. The number of hydrogen-bond acceptors (Lipinski definition) is 3. The van der Waals surface area contributed by atoms with Crippen molar-refractivity contribution in [2.75, 3.05) is 5.32 Å². The number of pyridine rings is 1. The molecule has 3 aromatic rings. The van der Waals surface area contributed by atoms with E-state index in [-0.39, 0.29) is 5.56 Å². The van der Waals surface area contributed by atoms with Crippen LogP contribution in [-0.4, -0.2) is 20.9 Å². The number of aromatic amines is 1. The molecule has 0 atom stereocenters. The number of nitrogens with one attached hydrogen (secondary N) is 2. The molecule has 1 aromatic carbocycles. The minimum Gasteiger partial charge on any atom is -0.343 e. The molecule has 1 amide bonds. The maximum Gasteiger partial charge on any atom is 0.257 e. The van der Waals surface area contributed by atoms with Crippen LogP contribution in [0.1, 0.15) is 10.4 Å². The zero-order valence-electron chi connectivity index (χ0n) is 10.0. The van der Waals surface area contributed by atoms with Gasteiger partial charge in [-0.2, -0.15) is 0 Å². The number of carbonyl (C=O) groups is 1. The van der Waals surface area contributed by atoms with Gasteiger partial charge < -0.3 is 10.3 Å². The van der Waals surface area contributed by atoms with Gasteiger partial charge in [-0.3, -0.25) is 4.79 Å². The van der Waals surface area contributed by atoms with Crippen molar-refractivity contribution in [1.29, 1.82) is 0 Å². The average molecular weight is 274 g/mol. The number of rotatable bonds is 2. The second-order valence-corrected chi connectivity index (χ2v) is 4.05. The Morgan fingerprint density at radius 3 is 2.70 bits per heavy atom. The molecule has 0 aliphatic rings. The number of halogens is 2. The van der Waals surface area contributed by atoms with E-state index < -0.39 is 23.2 Å². The van der Waals surface area contributed by atoms with Crippen LogP contribution < -0.4 is 5.32 Å². The number of para-hydroxylation sites is 1. The Hall–Kier alpha value is -2.83. The number of carbonyl (C=O) groups excluding carboxylic acids is 1. The van der Waals surface area contributed by atoms with Gasteiger partial charge in [0.25, 0.3) is 5.91 Å². The Bertz CT molecular complexity index is 780. The van der Waals surface area contributed by atoms with Gasteiger partial charge in [0.2, 0.25) is 0 Å². The fourth-order valence-electron chi connectivity index (χ4n) is 1.76. The SMILES string of the molecule is O=C(Nc1c(F)cccc1F)c1cnc2nc[nH]c2c1. The third-order valence-corrected chi connectivity index (χ3v) is 2.74. The summed E-state index contributed by atoms with van der Waals surface area (Å²) in [4.78, 5) is 22.6. The van der Waals surface area contributed by atoms with E-state index in [0.717, 1.165) is 12.1 Å². The van der Waals surface area contributed by atoms with Crippen LogP contribution >= 0.6 is 0 Å². The molecule has 100 valence electrons. The van der Waals surface area contributed by atoms with Crippen LogP contribution in [0.4, 0.5) is 14.5 Å². The lowest BCUT2D eigenvalue weighted by molar-refractivity contribution is 0.102. The third kappa shape index (κ3) is 2.09. The number of amides is 1. The van der Waals surface area contributed by atoms with Crippen LogP contribution in [0.15, 0.2) is 36.8 Å². The first kappa shape index (κ1) is 12.2. The van der Waals surface area contributed by atoms with Crippen LogP contribution in [-0.2, 0) is 0 Å². The second-order valence-electron chi connectivity index (χ2n) is 4.05. The minimum absolute atomic E-state index is 0.171. The minimum atomic E-state index is -0.839. The van der Waals surface area contributed by atoms with Crippen molar-refractivity contribution >= 4 is 22.8 Å². The summed E-state index contributed by atoms with van der Waals surface area (Å²) in [5.74, 6) is -2.33. The molecule has 0 fully saturated rings. The molecule has 2 heterocycles. The highest BCUT2D eigenvalue weighted by molar-refractivity contribution is 6.05. The number of aromatic nitrogens is 3. The van der Waals surface area contributed by atoms with Crippen molar-refractivity contribution in [3.05, 3.63) is 54.0 Å². The van der Waals surface area contributed by atoms with Gasteiger partial charge in [0.15, 0.2) is 5.65 Å². The molecule has 5 nitrogen and oxygen atoms in total. The van der Waals surface area contributed by atoms with E-state index in [1.54, 1.807) is 0 Å². The number of nitrogens with zero attached hydrogens (tertiary/aromatic N) is 2. The zero-order valence-corrected chi connectivity index (χ0v) is 10.0. The molecular formula is C13H8F2N4O. The molecule has 0 aliphatic heterocycles. The molecule has 2 aromatic heterocycles. The zero-order chi connectivity index (χ0) is 14.1. The first-order chi connectivity index (χ1) is 9.65. The Morgan fingerprint density at radius 2 is 1.95 bits per heavy atom. The van der Waals surface area contributed by atoms with E-state index in [2.05, 4.69) is 20.3 Å². The Kier molecular flexibility index (Phi) is 2.86. The van der Waals surface area contributed by atoms with E-state index in [9.17, 15) is 13.6 Å². The summed E-state index contributed by atoms with van der Waals surface area (Å²) in [6, 6.07) is 4.85. The van der Waals surface area contributed by atoms with E-state index in [1.165, 1.54) is 24.7 Å². The average Bonchev–Trinajstić information content (AvgIpc) is 2.90. The maximum absolute atomic E-state index is 13.4. The first-order valence-corrected chi connectivity index (χ1v) is 5.69. The number of H-pyrrole nitrogens is 1. The number of hydrogen-bond donors (Lipinski definition) is 2. The van der Waals surface area contributed by atoms with Crippen molar-refractivity contribution in [3.63, 3.8) is 0 Å². The monoisotopic (exact) mass is 274 g/mol. The molecular weight excluding hydrogens is 266 g/mol. The number of anilines is 1. The number of fused-ring (bicyclic) bond motifs is 1. The molecule has 0 saturated heterocycles. The van der Waals surface area contributed by atoms with Gasteiger partial charge in [-0.25, -0.2) is 18.7 Å². The van der Waals surface area contributed by atoms with Gasteiger partial charge >= 0.3 is 0 Å². The van der Waals surface area contributed by atoms with Gasteiger partial charge in [0.05, 0.1) is 17.4 Å². The van der Waals surface area contributed by atoms with Gasteiger partial charge in [0.1, 0.15) is 17.3 Å². The van der Waals surface area contributed by atoms with Crippen LogP contribution in [0.3, 0.4) is 0 Å². The molecule has 2 N–H and O–H groups in total. The highest BCUT2D eigenvalue weighted by atomic mass is 19.1. The summed E-state index contributed by atoms with van der Waals surface area (Å²) < 4.78 is 26.9. The molecule has 0 aliphatic carbocycles. The summed E-state index contributed by atoms with van der Waals surface area (Å²) in [5.41, 5.74) is 0.705. The summed E-state index contributed by atoms with van der Waals surface area (Å²) >= 11 is 0. The second kappa shape index (κ2) is 4.69. The number of imidazole rings is 1. The normalized spacial score (nSPS) is 10.7. The smallest absolute Gasteiger partial charge is 0.257 e. The lowest BCUT2D eigenvalue weighted by Crippen LogP contribution is -2.14. The number of benzene rings is 1. The first-order valence-electron chi connectivity index (χ1n) is 5.69. The van der Waals surface area contributed by atoms with E-state index in [4.69, 9.17) is 0 Å². The summed E-state index contributed by atoms with van der Waals surface area (Å²) in [6.45, 7) is 0. The fourth-order valence-corrected chi connectivity index (χ4v) is 1.76. The van der Waals surface area contributed by atoms with E-state index in [0.29, 0.717) is 11.2 Å². The highest BCUT2D eigenvalue weighted by Crippen LogP contribution is 2.19. The quantitative estimate of drug-likeness (QED) is 0.754.